The van der Waals surface area contributed by atoms with Crippen molar-refractivity contribution in [2.24, 2.45) is 0 Å². The molecule has 0 amide bonds. The molecule has 1 aromatic heterocycles. The normalized spacial score (nSPS) is 10.1. The first-order valence-corrected chi connectivity index (χ1v) is 4.51. The molecule has 0 aliphatic heterocycles. The predicted octanol–water partition coefficient (Wildman–Crippen LogP) is 0.0362. The number of carbonyl (C=O) groups is 1. The van der Waals surface area contributed by atoms with Gasteiger partial charge >= 0.3 is 5.97 Å². The molecule has 82 valence electrons. The van der Waals surface area contributed by atoms with E-state index in [2.05, 4.69) is 9.97 Å². The molecule has 0 saturated heterocycles. The number of hydrogen-bond donors (Lipinski definition) is 2. The van der Waals surface area contributed by atoms with Crippen molar-refractivity contribution in [1.29, 1.82) is 0 Å². The zero-order valence-corrected chi connectivity index (χ0v) is 8.65. The molecule has 0 fully saturated rings. The molecule has 0 spiro atoms. The van der Waals surface area contributed by atoms with E-state index in [1.807, 2.05) is 0 Å². The van der Waals surface area contributed by atoms with E-state index in [-0.39, 0.29) is 30.5 Å². The standard InChI is InChI=1S/C9H13N3O3/c1-3-15-9(14)7-5(2)8(10)12-6(4-13)11-7/h13H,3-4H2,1-2H3,(H2,10,11,12). The second-order valence-electron chi connectivity index (χ2n) is 2.88. The summed E-state index contributed by atoms with van der Waals surface area (Å²) in [5.41, 5.74) is 6.13. The Bertz CT molecular complexity index is 379. The molecule has 1 rings (SSSR count). The maximum absolute atomic E-state index is 11.4. The van der Waals surface area contributed by atoms with E-state index in [0.29, 0.717) is 5.56 Å². The van der Waals surface area contributed by atoms with Crippen LogP contribution in [0.4, 0.5) is 5.82 Å². The van der Waals surface area contributed by atoms with Crippen molar-refractivity contribution in [3.05, 3.63) is 17.1 Å². The summed E-state index contributed by atoms with van der Waals surface area (Å²) >= 11 is 0. The summed E-state index contributed by atoms with van der Waals surface area (Å²) in [5, 5.41) is 8.86. The number of nitrogens with two attached hydrogens (primary N) is 1. The van der Waals surface area contributed by atoms with Gasteiger partial charge in [-0.25, -0.2) is 14.8 Å². The van der Waals surface area contributed by atoms with Gasteiger partial charge in [0.1, 0.15) is 12.4 Å². The van der Waals surface area contributed by atoms with Gasteiger partial charge in [0.05, 0.1) is 6.61 Å². The van der Waals surface area contributed by atoms with Gasteiger partial charge in [-0.2, -0.15) is 0 Å². The lowest BCUT2D eigenvalue weighted by Gasteiger charge is -2.07. The van der Waals surface area contributed by atoms with Crippen LogP contribution in [0.1, 0.15) is 28.8 Å². The van der Waals surface area contributed by atoms with Crippen LogP contribution in [0, 0.1) is 6.92 Å². The van der Waals surface area contributed by atoms with Crippen molar-refractivity contribution in [2.75, 3.05) is 12.3 Å². The van der Waals surface area contributed by atoms with Crippen LogP contribution in [0.2, 0.25) is 0 Å². The SMILES string of the molecule is CCOC(=O)c1nc(CO)nc(N)c1C. The summed E-state index contributed by atoms with van der Waals surface area (Å²) in [4.78, 5) is 19.1. The number of carbonyl (C=O) groups excluding carboxylic acids is 1. The number of rotatable bonds is 3. The second kappa shape index (κ2) is 4.70. The number of aliphatic hydroxyl groups excluding tert-OH is 1. The minimum atomic E-state index is -0.557. The molecule has 3 N–H and O–H groups in total. The molecule has 0 aliphatic rings. The molecule has 0 unspecified atom stereocenters. The summed E-state index contributed by atoms with van der Waals surface area (Å²) < 4.78 is 4.80. The van der Waals surface area contributed by atoms with E-state index in [1.54, 1.807) is 13.8 Å². The van der Waals surface area contributed by atoms with Gasteiger partial charge in [-0.1, -0.05) is 0 Å². The highest BCUT2D eigenvalue weighted by molar-refractivity contribution is 5.89. The van der Waals surface area contributed by atoms with Gasteiger partial charge in [-0.05, 0) is 13.8 Å². The summed E-state index contributed by atoms with van der Waals surface area (Å²) in [6.07, 6.45) is 0. The van der Waals surface area contributed by atoms with Gasteiger partial charge in [-0.3, -0.25) is 0 Å². The Hall–Kier alpha value is -1.69. The molecule has 0 bridgehead atoms. The lowest BCUT2D eigenvalue weighted by molar-refractivity contribution is 0.0517. The van der Waals surface area contributed by atoms with Crippen LogP contribution in [-0.2, 0) is 11.3 Å². The Morgan fingerprint density at radius 1 is 1.53 bits per heavy atom. The van der Waals surface area contributed by atoms with E-state index >= 15 is 0 Å². The van der Waals surface area contributed by atoms with Gasteiger partial charge < -0.3 is 15.6 Å². The minimum Gasteiger partial charge on any atom is -0.461 e. The fraction of sp³-hybridized carbons (Fsp3) is 0.444. The zero-order chi connectivity index (χ0) is 11.4. The smallest absolute Gasteiger partial charge is 0.357 e. The molecule has 0 atom stereocenters. The molecule has 1 aromatic rings. The molecule has 0 saturated carbocycles. The fourth-order valence-corrected chi connectivity index (χ4v) is 1.05. The number of hydrogen-bond acceptors (Lipinski definition) is 6. The Kier molecular flexibility index (Phi) is 3.56. The number of anilines is 1. The van der Waals surface area contributed by atoms with E-state index in [9.17, 15) is 4.79 Å². The van der Waals surface area contributed by atoms with Crippen LogP contribution in [0.15, 0.2) is 0 Å². The third-order valence-electron chi connectivity index (χ3n) is 1.84. The Labute approximate surface area is 87.1 Å². The molecule has 0 aliphatic carbocycles. The van der Waals surface area contributed by atoms with Crippen LogP contribution < -0.4 is 5.73 Å². The predicted molar refractivity (Wildman–Crippen MR) is 53.1 cm³/mol. The average molecular weight is 211 g/mol. The summed E-state index contributed by atoms with van der Waals surface area (Å²) in [5.74, 6) is -0.267. The van der Waals surface area contributed by atoms with Crippen molar-refractivity contribution in [1.82, 2.24) is 9.97 Å². The van der Waals surface area contributed by atoms with Crippen molar-refractivity contribution >= 4 is 11.8 Å². The molecular formula is C9H13N3O3. The highest BCUT2D eigenvalue weighted by Gasteiger charge is 2.16. The van der Waals surface area contributed by atoms with Crippen molar-refractivity contribution < 1.29 is 14.6 Å². The van der Waals surface area contributed by atoms with E-state index in [1.165, 1.54) is 0 Å². The first kappa shape index (κ1) is 11.4. The molecule has 1 heterocycles. The fourth-order valence-electron chi connectivity index (χ4n) is 1.05. The van der Waals surface area contributed by atoms with Crippen LogP contribution in [-0.4, -0.2) is 27.7 Å². The third kappa shape index (κ3) is 2.41. The van der Waals surface area contributed by atoms with Crippen molar-refractivity contribution in [3.63, 3.8) is 0 Å². The average Bonchev–Trinajstić information content (AvgIpc) is 2.22. The maximum atomic E-state index is 11.4. The highest BCUT2D eigenvalue weighted by Crippen LogP contribution is 2.13. The maximum Gasteiger partial charge on any atom is 0.357 e. The van der Waals surface area contributed by atoms with Gasteiger partial charge in [0, 0.05) is 5.56 Å². The van der Waals surface area contributed by atoms with Gasteiger partial charge in [0.2, 0.25) is 0 Å². The van der Waals surface area contributed by atoms with E-state index < -0.39 is 5.97 Å². The number of ether oxygens (including phenoxy) is 1. The van der Waals surface area contributed by atoms with Gasteiger partial charge in [0.15, 0.2) is 11.5 Å². The van der Waals surface area contributed by atoms with Crippen LogP contribution in [0.3, 0.4) is 0 Å². The van der Waals surface area contributed by atoms with Crippen LogP contribution >= 0.6 is 0 Å². The summed E-state index contributed by atoms with van der Waals surface area (Å²) in [7, 11) is 0. The lowest BCUT2D eigenvalue weighted by atomic mass is 10.2. The Morgan fingerprint density at radius 2 is 2.20 bits per heavy atom. The minimum absolute atomic E-state index is 0.105. The molecule has 0 aromatic carbocycles. The summed E-state index contributed by atoms with van der Waals surface area (Å²) in [6, 6.07) is 0. The Balaban J connectivity index is 3.15. The number of nitrogens with zero attached hydrogens (tertiary/aromatic N) is 2. The Morgan fingerprint density at radius 3 is 2.73 bits per heavy atom. The van der Waals surface area contributed by atoms with Gasteiger partial charge in [0.25, 0.3) is 0 Å². The number of esters is 1. The number of aromatic nitrogens is 2. The zero-order valence-electron chi connectivity index (χ0n) is 8.65. The molecule has 0 radical (unpaired) electrons. The molecule has 15 heavy (non-hydrogen) atoms. The van der Waals surface area contributed by atoms with Crippen LogP contribution in [0.25, 0.3) is 0 Å². The van der Waals surface area contributed by atoms with Crippen molar-refractivity contribution in [3.8, 4) is 0 Å². The largest absolute Gasteiger partial charge is 0.461 e. The number of nitrogen functional groups attached to an aromatic ring is 1. The monoisotopic (exact) mass is 211 g/mol. The van der Waals surface area contributed by atoms with E-state index in [4.69, 9.17) is 15.6 Å². The van der Waals surface area contributed by atoms with Gasteiger partial charge in [-0.15, -0.1) is 0 Å². The molecule has 6 nitrogen and oxygen atoms in total. The highest BCUT2D eigenvalue weighted by atomic mass is 16.5. The topological polar surface area (TPSA) is 98.3 Å². The molecule has 6 heteroatoms. The number of aliphatic hydroxyl groups is 1. The van der Waals surface area contributed by atoms with Crippen LogP contribution in [0.5, 0.6) is 0 Å². The molecular weight excluding hydrogens is 198 g/mol. The second-order valence-corrected chi connectivity index (χ2v) is 2.88. The summed E-state index contributed by atoms with van der Waals surface area (Å²) in [6.45, 7) is 3.22. The first-order valence-electron chi connectivity index (χ1n) is 4.51. The third-order valence-corrected chi connectivity index (χ3v) is 1.84. The quantitative estimate of drug-likeness (QED) is 0.685. The lowest BCUT2D eigenvalue weighted by Crippen LogP contribution is -2.14. The first-order chi connectivity index (χ1) is 7.10. The van der Waals surface area contributed by atoms with Crippen molar-refractivity contribution in [2.45, 2.75) is 20.5 Å². The van der Waals surface area contributed by atoms with E-state index in [0.717, 1.165) is 0 Å².